The van der Waals surface area contributed by atoms with Gasteiger partial charge < -0.3 is 4.74 Å². The first-order valence-electron chi connectivity index (χ1n) is 4.19. The molecule has 1 nitrogen and oxygen atoms in total. The number of rotatable bonds is 3. The maximum atomic E-state index is 5.20. The zero-order valence-corrected chi connectivity index (χ0v) is 7.92. The molecule has 0 spiro atoms. The molecule has 65 valence electrons. The van der Waals surface area contributed by atoms with E-state index in [4.69, 9.17) is 4.74 Å². The predicted molar refractivity (Wildman–Crippen MR) is 50.7 cm³/mol. The van der Waals surface area contributed by atoms with Crippen LogP contribution in [0.4, 0.5) is 0 Å². The molecule has 0 saturated heterocycles. The van der Waals surface area contributed by atoms with Crippen molar-refractivity contribution in [1.82, 2.24) is 0 Å². The Morgan fingerprint density at radius 1 is 1.17 bits per heavy atom. The molecule has 0 aromatic heterocycles. The summed E-state index contributed by atoms with van der Waals surface area (Å²) >= 11 is 0. The zero-order chi connectivity index (χ0) is 8.97. The van der Waals surface area contributed by atoms with Crippen molar-refractivity contribution in [2.24, 2.45) is 0 Å². The summed E-state index contributed by atoms with van der Waals surface area (Å²) in [5.74, 6) is 0. The van der Waals surface area contributed by atoms with E-state index in [2.05, 4.69) is 32.0 Å². The molecule has 12 heavy (non-hydrogen) atoms. The van der Waals surface area contributed by atoms with Crippen molar-refractivity contribution < 1.29 is 4.74 Å². The monoisotopic (exact) mass is 163 g/mol. The fourth-order valence-electron chi connectivity index (χ4n) is 1.33. The van der Waals surface area contributed by atoms with Gasteiger partial charge in [-0.3, -0.25) is 0 Å². The third-order valence-electron chi connectivity index (χ3n) is 1.70. The van der Waals surface area contributed by atoms with Gasteiger partial charge in [0.05, 0.1) is 13.2 Å². The minimum absolute atomic E-state index is 0.680. The molecule has 0 aliphatic heterocycles. The molecule has 0 saturated carbocycles. The summed E-state index contributed by atoms with van der Waals surface area (Å²) in [7, 11) is 0. The second kappa shape index (κ2) is 4.27. The van der Waals surface area contributed by atoms with E-state index < -0.39 is 0 Å². The van der Waals surface area contributed by atoms with Crippen LogP contribution in [0.2, 0.25) is 0 Å². The van der Waals surface area contributed by atoms with E-state index in [1.807, 2.05) is 6.92 Å². The Bertz CT molecular complexity index is 233. The first-order chi connectivity index (χ1) is 5.72. The van der Waals surface area contributed by atoms with Crippen molar-refractivity contribution in [2.75, 3.05) is 0 Å². The lowest BCUT2D eigenvalue weighted by Crippen LogP contribution is -1.90. The lowest BCUT2D eigenvalue weighted by Gasteiger charge is -2.04. The summed E-state index contributed by atoms with van der Waals surface area (Å²) in [6.07, 6.45) is 0. The lowest BCUT2D eigenvalue weighted by atomic mass is 10.1. The predicted octanol–water partition coefficient (Wildman–Crippen LogP) is 3.00. The third-order valence-corrected chi connectivity index (χ3v) is 1.70. The van der Waals surface area contributed by atoms with Gasteiger partial charge in [-0.15, -0.1) is 0 Å². The normalized spacial score (nSPS) is 10.2. The first-order valence-corrected chi connectivity index (χ1v) is 4.19. The Labute approximate surface area is 74.4 Å². The van der Waals surface area contributed by atoms with Crippen molar-refractivity contribution in [2.45, 2.75) is 27.4 Å². The number of benzene rings is 1. The van der Waals surface area contributed by atoms with Crippen molar-refractivity contribution >= 4 is 0 Å². The van der Waals surface area contributed by atoms with Crippen LogP contribution in [0, 0.1) is 20.5 Å². The highest BCUT2D eigenvalue weighted by Crippen LogP contribution is 2.09. The number of hydrogen-bond acceptors (Lipinski definition) is 1. The summed E-state index contributed by atoms with van der Waals surface area (Å²) in [5, 5.41) is 0. The highest BCUT2D eigenvalue weighted by atomic mass is 16.5. The largest absolute Gasteiger partial charge is 0.371 e. The lowest BCUT2D eigenvalue weighted by molar-refractivity contribution is 0.191. The molecule has 1 aromatic rings. The van der Waals surface area contributed by atoms with E-state index in [-0.39, 0.29) is 0 Å². The molecule has 0 aliphatic carbocycles. The van der Waals surface area contributed by atoms with Gasteiger partial charge in [0.25, 0.3) is 0 Å². The summed E-state index contributed by atoms with van der Waals surface area (Å²) in [6, 6.07) is 6.46. The van der Waals surface area contributed by atoms with E-state index in [0.717, 1.165) is 0 Å². The molecule has 0 aliphatic rings. The van der Waals surface area contributed by atoms with E-state index in [1.54, 1.807) is 6.61 Å². The molecule has 0 bridgehead atoms. The van der Waals surface area contributed by atoms with Crippen LogP contribution in [0.1, 0.15) is 23.6 Å². The van der Waals surface area contributed by atoms with Crippen LogP contribution in [0.25, 0.3) is 0 Å². The average Bonchev–Trinajstić information content (AvgIpc) is 1.99. The summed E-state index contributed by atoms with van der Waals surface area (Å²) in [5.41, 5.74) is 3.83. The van der Waals surface area contributed by atoms with E-state index >= 15 is 0 Å². The fraction of sp³-hybridized carbons (Fsp3) is 0.364. The Kier molecular flexibility index (Phi) is 3.30. The number of aryl methyl sites for hydroxylation is 2. The van der Waals surface area contributed by atoms with Crippen LogP contribution in [-0.4, -0.2) is 0 Å². The van der Waals surface area contributed by atoms with Gasteiger partial charge in [-0.1, -0.05) is 29.3 Å². The number of hydrogen-bond donors (Lipinski definition) is 0. The Morgan fingerprint density at radius 2 is 1.75 bits per heavy atom. The molecule has 0 amide bonds. The van der Waals surface area contributed by atoms with E-state index in [0.29, 0.717) is 6.61 Å². The second-order valence-corrected chi connectivity index (χ2v) is 3.04. The minimum atomic E-state index is 0.680. The molecular formula is C11H15O. The maximum absolute atomic E-state index is 5.20. The smallest absolute Gasteiger partial charge is 0.0810 e. The van der Waals surface area contributed by atoms with Crippen LogP contribution >= 0.6 is 0 Å². The molecule has 0 atom stereocenters. The molecule has 1 heteroatoms. The van der Waals surface area contributed by atoms with Crippen LogP contribution in [0.3, 0.4) is 0 Å². The topological polar surface area (TPSA) is 9.23 Å². The second-order valence-electron chi connectivity index (χ2n) is 3.04. The average molecular weight is 163 g/mol. The van der Waals surface area contributed by atoms with Gasteiger partial charge in [0.2, 0.25) is 0 Å². The highest BCUT2D eigenvalue weighted by molar-refractivity contribution is 5.27. The fourth-order valence-corrected chi connectivity index (χ4v) is 1.33. The molecule has 0 N–H and O–H groups in total. The summed E-state index contributed by atoms with van der Waals surface area (Å²) in [6.45, 7) is 8.50. The van der Waals surface area contributed by atoms with Gasteiger partial charge in [0, 0.05) is 0 Å². The van der Waals surface area contributed by atoms with Crippen LogP contribution in [0.5, 0.6) is 0 Å². The van der Waals surface area contributed by atoms with E-state index in [1.165, 1.54) is 16.7 Å². The van der Waals surface area contributed by atoms with Crippen molar-refractivity contribution in [3.63, 3.8) is 0 Å². The molecular weight excluding hydrogens is 148 g/mol. The van der Waals surface area contributed by atoms with Gasteiger partial charge in [-0.25, -0.2) is 0 Å². The minimum Gasteiger partial charge on any atom is -0.371 e. The van der Waals surface area contributed by atoms with Crippen molar-refractivity contribution in [1.29, 1.82) is 0 Å². The molecule has 0 fully saturated rings. The molecule has 1 rings (SSSR count). The Hall–Kier alpha value is -0.820. The van der Waals surface area contributed by atoms with Crippen LogP contribution < -0.4 is 0 Å². The van der Waals surface area contributed by atoms with Crippen LogP contribution in [-0.2, 0) is 11.3 Å². The SMILES string of the molecule is C[CH]OCc1cc(C)cc(C)c1. The van der Waals surface area contributed by atoms with E-state index in [9.17, 15) is 0 Å². The zero-order valence-electron chi connectivity index (χ0n) is 7.92. The molecule has 0 unspecified atom stereocenters. The third kappa shape index (κ3) is 2.67. The van der Waals surface area contributed by atoms with Gasteiger partial charge in [0.15, 0.2) is 0 Å². The maximum Gasteiger partial charge on any atom is 0.0810 e. The number of ether oxygens (including phenoxy) is 1. The first kappa shape index (κ1) is 9.27. The van der Waals surface area contributed by atoms with Gasteiger partial charge in [-0.05, 0) is 26.3 Å². The highest BCUT2D eigenvalue weighted by Gasteiger charge is 1.94. The van der Waals surface area contributed by atoms with Crippen molar-refractivity contribution in [3.05, 3.63) is 41.5 Å². The standard InChI is InChI=1S/C11H15O/c1-4-12-8-11-6-9(2)5-10(3)7-11/h4-7H,8H2,1-3H3. The van der Waals surface area contributed by atoms with Gasteiger partial charge >= 0.3 is 0 Å². The Balaban J connectivity index is 2.72. The van der Waals surface area contributed by atoms with Gasteiger partial charge in [0.1, 0.15) is 0 Å². The Morgan fingerprint density at radius 3 is 2.25 bits per heavy atom. The summed E-state index contributed by atoms with van der Waals surface area (Å²) in [4.78, 5) is 0. The summed E-state index contributed by atoms with van der Waals surface area (Å²) < 4.78 is 5.20. The molecule has 1 aromatic carbocycles. The van der Waals surface area contributed by atoms with Gasteiger partial charge in [-0.2, -0.15) is 0 Å². The quantitative estimate of drug-likeness (QED) is 0.665. The van der Waals surface area contributed by atoms with Crippen molar-refractivity contribution in [3.8, 4) is 0 Å². The van der Waals surface area contributed by atoms with Crippen LogP contribution in [0.15, 0.2) is 18.2 Å². The molecule has 0 heterocycles. The molecule has 1 radical (unpaired) electrons.